The number of hydrogen-bond acceptors (Lipinski definition) is 17. The van der Waals surface area contributed by atoms with Gasteiger partial charge in [-0.3, -0.25) is 4.79 Å². The van der Waals surface area contributed by atoms with Crippen molar-refractivity contribution in [1.29, 1.82) is 0 Å². The molecule has 0 radical (unpaired) electrons. The number of aliphatic hydroxyl groups excluding tert-OH is 1. The summed E-state index contributed by atoms with van der Waals surface area (Å²) in [7, 11) is 3.23. The summed E-state index contributed by atoms with van der Waals surface area (Å²) in [5, 5.41) is 32.7. The van der Waals surface area contributed by atoms with Crippen LogP contribution in [0, 0.1) is 27.7 Å². The molecule has 0 saturated carbocycles. The van der Waals surface area contributed by atoms with Crippen molar-refractivity contribution in [3.63, 3.8) is 0 Å². The third kappa shape index (κ3) is 21.5. The van der Waals surface area contributed by atoms with E-state index >= 15 is 0 Å². The van der Waals surface area contributed by atoms with Crippen LogP contribution in [0.3, 0.4) is 0 Å². The maximum atomic E-state index is 13.3. The minimum Gasteiger partial charge on any atom is -0.545 e. The van der Waals surface area contributed by atoms with E-state index in [1.54, 1.807) is 39.3 Å². The predicted octanol–water partition coefficient (Wildman–Crippen LogP) is -0.434. The molecule has 6 rings (SSSR count). The molecule has 1 aliphatic carbocycles. The standard InChI is InChI=1S/C44H52O11.C16H24O6.2Cs/c1-30-5-10-36-37-11-6-31(2)26-41(37)44(40(36)25-30,34-8-7-33(38(27-34)32(3)46)29-54-22-21-52-18-17-50-14-13-45)35-9-12-42(39(28-35)43(47)48)55-24-23-53-20-19-51-16-15-49-4;1-12-10-13(2)15(14(11-12)16(17)18)22-9-8-21-7-6-20-5-4-19-3;;/h5-12,25-28,45H,13-24,29H2,1-4H3,(H,47,48);10-11H,4-9H2,1-3H3,(H,17,18);;/q;;2*+1/p-2. The van der Waals surface area contributed by atoms with Crippen molar-refractivity contribution in [1.82, 2.24) is 0 Å². The van der Waals surface area contributed by atoms with Crippen molar-refractivity contribution >= 4 is 17.7 Å². The normalized spacial score (nSPS) is 11.8. The third-order valence-electron chi connectivity index (χ3n) is 12.4. The summed E-state index contributed by atoms with van der Waals surface area (Å²) in [5.41, 5.74) is 9.43. The zero-order chi connectivity index (χ0) is 55.6. The van der Waals surface area contributed by atoms with Gasteiger partial charge in [-0.1, -0.05) is 71.8 Å². The molecule has 0 aliphatic heterocycles. The average Bonchev–Trinajstić information content (AvgIpc) is 3.98. The fourth-order valence-electron chi connectivity index (χ4n) is 8.98. The minimum absolute atomic E-state index is 0. The Bertz CT molecular complexity index is 2540. The quantitative estimate of drug-likeness (QED) is 0.0394. The Morgan fingerprint density at radius 2 is 0.911 bits per heavy atom. The second kappa shape index (κ2) is 38.8. The van der Waals surface area contributed by atoms with Gasteiger partial charge in [0.25, 0.3) is 0 Å². The number of carboxylic acids is 2. The van der Waals surface area contributed by atoms with E-state index < -0.39 is 17.4 Å². The largest absolute Gasteiger partial charge is 1.00 e. The molecule has 418 valence electrons. The molecule has 0 fully saturated rings. The number of benzene rings is 5. The fraction of sp³-hybridized carbons (Fsp3) is 0.450. The van der Waals surface area contributed by atoms with Crippen LogP contribution in [0.5, 0.6) is 11.5 Å². The van der Waals surface area contributed by atoms with Gasteiger partial charge < -0.3 is 77.0 Å². The van der Waals surface area contributed by atoms with Crippen molar-refractivity contribution in [3.05, 3.63) is 152 Å². The summed E-state index contributed by atoms with van der Waals surface area (Å²) in [6.45, 7) is 15.9. The zero-order valence-electron chi connectivity index (χ0n) is 47.5. The van der Waals surface area contributed by atoms with Crippen LogP contribution in [-0.4, -0.2) is 156 Å². The Morgan fingerprint density at radius 3 is 1.39 bits per heavy atom. The van der Waals surface area contributed by atoms with E-state index in [4.69, 9.17) is 57.2 Å². The molecule has 0 aromatic heterocycles. The van der Waals surface area contributed by atoms with Gasteiger partial charge in [0.05, 0.1) is 130 Å². The van der Waals surface area contributed by atoms with Gasteiger partial charge in [-0.2, -0.15) is 0 Å². The van der Waals surface area contributed by atoms with Gasteiger partial charge in [0.15, 0.2) is 5.78 Å². The number of rotatable bonds is 35. The van der Waals surface area contributed by atoms with Crippen LogP contribution in [0.1, 0.15) is 88.1 Å². The van der Waals surface area contributed by atoms with Gasteiger partial charge in [-0.05, 0) is 109 Å². The maximum absolute atomic E-state index is 13.3. The molecule has 0 bridgehead atoms. The summed E-state index contributed by atoms with van der Waals surface area (Å²) < 4.78 is 59.6. The van der Waals surface area contributed by atoms with E-state index in [0.29, 0.717) is 103 Å². The number of aryl methyl sites for hydroxylation is 4. The van der Waals surface area contributed by atoms with Crippen molar-refractivity contribution in [3.8, 4) is 22.6 Å². The monoisotopic (exact) mass is 1330 g/mol. The first-order valence-corrected chi connectivity index (χ1v) is 25.7. The molecule has 0 saturated heterocycles. The summed E-state index contributed by atoms with van der Waals surface area (Å²) in [5.74, 6) is -2.23. The molecule has 5 aromatic carbocycles. The first-order chi connectivity index (χ1) is 37.3. The second-order valence-corrected chi connectivity index (χ2v) is 18.2. The number of aromatic carboxylic acids is 2. The number of carbonyl (C=O) groups excluding carboxylic acids is 3. The summed E-state index contributed by atoms with van der Waals surface area (Å²) in [4.78, 5) is 37.2. The number of aliphatic hydroxyl groups is 1. The number of fused-ring (bicyclic) bond motifs is 3. The van der Waals surface area contributed by atoms with Crippen LogP contribution in [0.15, 0.2) is 84.9 Å². The van der Waals surface area contributed by atoms with Crippen molar-refractivity contribution in [2.75, 3.05) is 133 Å². The molecule has 79 heavy (non-hydrogen) atoms. The van der Waals surface area contributed by atoms with Crippen LogP contribution >= 0.6 is 0 Å². The molecule has 1 aliphatic rings. The molecular weight excluding hydrogens is 1260 g/mol. The Hall–Kier alpha value is -1.99. The van der Waals surface area contributed by atoms with E-state index in [1.165, 1.54) is 6.92 Å². The molecule has 0 heterocycles. The fourth-order valence-corrected chi connectivity index (χ4v) is 8.98. The smallest absolute Gasteiger partial charge is 0.545 e. The molecule has 19 heteroatoms. The van der Waals surface area contributed by atoms with E-state index in [1.807, 2.05) is 51.1 Å². The van der Waals surface area contributed by atoms with Gasteiger partial charge in [0.2, 0.25) is 0 Å². The number of methoxy groups -OCH3 is 2. The number of ketones is 1. The molecule has 0 amide bonds. The topological polar surface area (TPSA) is 219 Å². The van der Waals surface area contributed by atoms with E-state index in [-0.39, 0.29) is 200 Å². The maximum Gasteiger partial charge on any atom is 1.00 e. The molecule has 0 atom stereocenters. The minimum atomic E-state index is -1.37. The van der Waals surface area contributed by atoms with Crippen molar-refractivity contribution in [2.45, 2.75) is 46.6 Å². The van der Waals surface area contributed by atoms with Gasteiger partial charge in [-0.25, -0.2) is 0 Å². The van der Waals surface area contributed by atoms with Crippen molar-refractivity contribution < 1.29 is 220 Å². The number of Topliss-reactive ketones (excluding diaryl/α,β-unsaturated/α-hetero) is 1. The van der Waals surface area contributed by atoms with Gasteiger partial charge in [0, 0.05) is 30.9 Å². The summed E-state index contributed by atoms with van der Waals surface area (Å²) in [6, 6.07) is 27.1. The van der Waals surface area contributed by atoms with Crippen LogP contribution < -0.4 is 157 Å². The number of carboxylic acid groups (broad SMARTS) is 2. The molecule has 1 N–H and O–H groups in total. The van der Waals surface area contributed by atoms with Gasteiger partial charge >= 0.3 is 138 Å². The first-order valence-electron chi connectivity index (χ1n) is 25.7. The summed E-state index contributed by atoms with van der Waals surface area (Å²) in [6.07, 6.45) is 0. The molecule has 0 spiro atoms. The van der Waals surface area contributed by atoms with Crippen LogP contribution in [0.2, 0.25) is 0 Å². The number of ether oxygens (including phenoxy) is 11. The molecule has 0 unspecified atom stereocenters. The Balaban J connectivity index is 0.000000576. The van der Waals surface area contributed by atoms with Gasteiger partial charge in [0.1, 0.15) is 24.7 Å². The summed E-state index contributed by atoms with van der Waals surface area (Å²) >= 11 is 0. The average molecular weight is 1330 g/mol. The van der Waals surface area contributed by atoms with Crippen molar-refractivity contribution in [2.24, 2.45) is 0 Å². The SMILES string of the molecule is COCCOCCOCCOc1c(C)cc(C)cc1C(=O)[O-].COCCOCCOCCOc1ccc(C2(c3ccc(COCCOCCOCCO)c(C(C)=O)c3)c3cc(C)ccc3-c3ccc(C)cc32)cc1C(=O)[O-].[Cs+].[Cs+]. The van der Waals surface area contributed by atoms with Gasteiger partial charge in [-0.15, -0.1) is 0 Å². The zero-order valence-corrected chi connectivity index (χ0v) is 60.1. The van der Waals surface area contributed by atoms with Crippen LogP contribution in [-0.2, 0) is 54.7 Å². The predicted molar refractivity (Wildman–Crippen MR) is 284 cm³/mol. The Labute approximate surface area is 582 Å². The number of hydrogen-bond donors (Lipinski definition) is 1. The van der Waals surface area contributed by atoms with Crippen LogP contribution in [0.4, 0.5) is 0 Å². The molecular formula is C60H74Cs2O17. The van der Waals surface area contributed by atoms with E-state index in [9.17, 15) is 24.6 Å². The Morgan fingerprint density at radius 1 is 0.468 bits per heavy atom. The van der Waals surface area contributed by atoms with Crippen LogP contribution in [0.25, 0.3) is 11.1 Å². The third-order valence-corrected chi connectivity index (χ3v) is 12.4. The number of carbonyl (C=O) groups is 3. The molecule has 5 aromatic rings. The Kier molecular flexibility index (Phi) is 35.0. The molecule has 17 nitrogen and oxygen atoms in total. The first kappa shape index (κ1) is 71.3. The van der Waals surface area contributed by atoms with E-state index in [0.717, 1.165) is 55.6 Å². The van der Waals surface area contributed by atoms with E-state index in [2.05, 4.69) is 36.4 Å². The second-order valence-electron chi connectivity index (χ2n) is 18.2.